The molecule has 3 rings (SSSR count). The smallest absolute Gasteiger partial charge is 0.245 e. The van der Waals surface area contributed by atoms with Crippen LogP contribution in [0, 0.1) is 0 Å². The zero-order valence-corrected chi connectivity index (χ0v) is 11.0. The number of anilines is 1. The first kappa shape index (κ1) is 12.3. The molecule has 7 nitrogen and oxygen atoms in total. The summed E-state index contributed by atoms with van der Waals surface area (Å²) >= 11 is 0. The van der Waals surface area contributed by atoms with E-state index < -0.39 is 0 Å². The number of fused-ring (bicyclic) bond motifs is 1. The molecule has 0 atom stereocenters. The number of aryl methyl sites for hydroxylation is 2. The number of nitrogens with two attached hydrogens (primary N) is 1. The lowest BCUT2D eigenvalue weighted by Crippen LogP contribution is -2.06. The van der Waals surface area contributed by atoms with E-state index in [1.54, 1.807) is 13.3 Å². The Bertz CT molecular complexity index is 724. The number of hydrogen-bond acceptors (Lipinski definition) is 6. The van der Waals surface area contributed by atoms with E-state index in [2.05, 4.69) is 19.9 Å². The van der Waals surface area contributed by atoms with Crippen molar-refractivity contribution in [2.75, 3.05) is 12.8 Å². The molecule has 7 heteroatoms. The lowest BCUT2D eigenvalue weighted by molar-refractivity contribution is 0.401. The zero-order valence-electron chi connectivity index (χ0n) is 11.0. The number of ether oxygens (including phenoxy) is 1. The topological polar surface area (TPSA) is 91.7 Å². The molecule has 0 bridgehead atoms. The number of imidazole rings is 1. The summed E-state index contributed by atoms with van der Waals surface area (Å²) in [5.74, 6) is 0.838. The van der Waals surface area contributed by atoms with Crippen LogP contribution in [0.5, 0.6) is 5.88 Å². The minimum atomic E-state index is 0.405. The van der Waals surface area contributed by atoms with Crippen LogP contribution in [0.25, 0.3) is 11.2 Å². The molecule has 3 aromatic heterocycles. The molecule has 3 aromatic rings. The van der Waals surface area contributed by atoms with E-state index in [0.29, 0.717) is 29.5 Å². The molecule has 0 aliphatic carbocycles. The fraction of sp³-hybridized carbons (Fsp3) is 0.231. The third-order valence-electron chi connectivity index (χ3n) is 3.07. The Balaban J connectivity index is 1.93. The molecule has 20 heavy (non-hydrogen) atoms. The molecular weight excluding hydrogens is 256 g/mol. The van der Waals surface area contributed by atoms with Crippen molar-refractivity contribution in [1.82, 2.24) is 24.5 Å². The van der Waals surface area contributed by atoms with Gasteiger partial charge >= 0.3 is 0 Å². The van der Waals surface area contributed by atoms with E-state index in [0.717, 1.165) is 12.0 Å². The van der Waals surface area contributed by atoms with Crippen LogP contribution in [0.15, 0.2) is 30.9 Å². The van der Waals surface area contributed by atoms with Gasteiger partial charge in [0, 0.05) is 18.9 Å². The second-order valence-electron chi connectivity index (χ2n) is 4.29. The van der Waals surface area contributed by atoms with Gasteiger partial charge in [0.15, 0.2) is 11.2 Å². The van der Waals surface area contributed by atoms with Gasteiger partial charge < -0.3 is 10.5 Å². The van der Waals surface area contributed by atoms with Gasteiger partial charge in [-0.3, -0.25) is 9.55 Å². The summed E-state index contributed by atoms with van der Waals surface area (Å²) in [4.78, 5) is 16.6. The van der Waals surface area contributed by atoms with Crippen molar-refractivity contribution in [1.29, 1.82) is 0 Å². The Morgan fingerprint density at radius 3 is 3.00 bits per heavy atom. The number of nitrogen functional groups attached to an aromatic ring is 1. The van der Waals surface area contributed by atoms with E-state index in [-0.39, 0.29) is 0 Å². The standard InChI is InChI=1S/C13H14N6O/c1-20-12-10-11(16-8-17-12)19(13(14)18-10)6-4-9-3-2-5-15-7-9/h2-3,5,7-8H,4,6H2,1H3,(H2,14,18). The van der Waals surface area contributed by atoms with Gasteiger partial charge in [-0.2, -0.15) is 4.98 Å². The Morgan fingerprint density at radius 2 is 2.25 bits per heavy atom. The van der Waals surface area contributed by atoms with Gasteiger partial charge in [-0.25, -0.2) is 9.97 Å². The van der Waals surface area contributed by atoms with Gasteiger partial charge in [0.2, 0.25) is 11.8 Å². The summed E-state index contributed by atoms with van der Waals surface area (Å²) in [6.07, 6.45) is 5.84. The van der Waals surface area contributed by atoms with Gasteiger partial charge in [-0.05, 0) is 18.1 Å². The van der Waals surface area contributed by atoms with Gasteiger partial charge in [0.1, 0.15) is 6.33 Å². The van der Waals surface area contributed by atoms with Crippen molar-refractivity contribution in [3.05, 3.63) is 36.4 Å². The molecular formula is C13H14N6O. The minimum absolute atomic E-state index is 0.405. The lowest BCUT2D eigenvalue weighted by Gasteiger charge is -2.05. The molecule has 0 fully saturated rings. The molecule has 102 valence electrons. The lowest BCUT2D eigenvalue weighted by atomic mass is 10.2. The average molecular weight is 270 g/mol. The maximum absolute atomic E-state index is 5.95. The van der Waals surface area contributed by atoms with Gasteiger partial charge in [-0.1, -0.05) is 6.07 Å². The van der Waals surface area contributed by atoms with Crippen LogP contribution in [0.1, 0.15) is 5.56 Å². The predicted octanol–water partition coefficient (Wildman–Crippen LogP) is 1.05. The molecule has 0 aromatic carbocycles. The van der Waals surface area contributed by atoms with Crippen LogP contribution < -0.4 is 10.5 Å². The van der Waals surface area contributed by atoms with Gasteiger partial charge in [-0.15, -0.1) is 0 Å². The SMILES string of the molecule is COc1ncnc2c1nc(N)n2CCc1cccnc1. The third kappa shape index (κ3) is 2.13. The molecule has 0 saturated carbocycles. The molecule has 2 N–H and O–H groups in total. The molecule has 0 aliphatic rings. The number of methoxy groups -OCH3 is 1. The molecule has 0 spiro atoms. The number of hydrogen-bond donors (Lipinski definition) is 1. The Hall–Kier alpha value is -2.70. The van der Waals surface area contributed by atoms with Crippen molar-refractivity contribution in [3.8, 4) is 5.88 Å². The van der Waals surface area contributed by atoms with Crippen LogP contribution in [0.2, 0.25) is 0 Å². The molecule has 3 heterocycles. The van der Waals surface area contributed by atoms with Crippen LogP contribution >= 0.6 is 0 Å². The predicted molar refractivity (Wildman–Crippen MR) is 74.2 cm³/mol. The van der Waals surface area contributed by atoms with E-state index in [1.165, 1.54) is 6.33 Å². The zero-order chi connectivity index (χ0) is 13.9. The summed E-state index contributed by atoms with van der Waals surface area (Å²) < 4.78 is 7.02. The van der Waals surface area contributed by atoms with E-state index in [1.807, 2.05) is 22.9 Å². The van der Waals surface area contributed by atoms with E-state index in [4.69, 9.17) is 10.5 Å². The van der Waals surface area contributed by atoms with E-state index >= 15 is 0 Å². The monoisotopic (exact) mass is 270 g/mol. The Kier molecular flexibility index (Phi) is 3.16. The normalized spacial score (nSPS) is 10.8. The summed E-state index contributed by atoms with van der Waals surface area (Å²) in [5.41, 5.74) is 8.35. The summed E-state index contributed by atoms with van der Waals surface area (Å²) in [7, 11) is 1.55. The number of rotatable bonds is 4. The van der Waals surface area contributed by atoms with Gasteiger partial charge in [0.25, 0.3) is 0 Å². The minimum Gasteiger partial charge on any atom is -0.479 e. The third-order valence-corrected chi connectivity index (χ3v) is 3.07. The highest BCUT2D eigenvalue weighted by Gasteiger charge is 2.14. The number of nitrogens with zero attached hydrogens (tertiary/aromatic N) is 5. The first-order valence-corrected chi connectivity index (χ1v) is 6.19. The Morgan fingerprint density at radius 1 is 1.35 bits per heavy atom. The van der Waals surface area contributed by atoms with Crippen LogP contribution in [0.3, 0.4) is 0 Å². The largest absolute Gasteiger partial charge is 0.479 e. The fourth-order valence-corrected chi connectivity index (χ4v) is 2.09. The van der Waals surface area contributed by atoms with Crippen molar-refractivity contribution in [2.24, 2.45) is 0 Å². The second kappa shape index (κ2) is 5.12. The molecule has 0 amide bonds. The highest BCUT2D eigenvalue weighted by atomic mass is 16.5. The first-order valence-electron chi connectivity index (χ1n) is 6.19. The molecule has 0 unspecified atom stereocenters. The molecule has 0 aliphatic heterocycles. The maximum Gasteiger partial charge on any atom is 0.245 e. The maximum atomic E-state index is 5.95. The van der Waals surface area contributed by atoms with Crippen LogP contribution in [-0.4, -0.2) is 31.6 Å². The van der Waals surface area contributed by atoms with Gasteiger partial charge in [0.05, 0.1) is 7.11 Å². The van der Waals surface area contributed by atoms with Crippen LogP contribution in [0.4, 0.5) is 5.95 Å². The summed E-state index contributed by atoms with van der Waals surface area (Å²) in [6, 6.07) is 3.94. The summed E-state index contributed by atoms with van der Waals surface area (Å²) in [6.45, 7) is 0.675. The van der Waals surface area contributed by atoms with Crippen molar-refractivity contribution in [3.63, 3.8) is 0 Å². The van der Waals surface area contributed by atoms with Crippen LogP contribution in [-0.2, 0) is 13.0 Å². The average Bonchev–Trinajstić information content (AvgIpc) is 2.81. The highest BCUT2D eigenvalue weighted by molar-refractivity contribution is 5.78. The first-order chi connectivity index (χ1) is 9.79. The highest BCUT2D eigenvalue weighted by Crippen LogP contribution is 2.22. The summed E-state index contributed by atoms with van der Waals surface area (Å²) in [5, 5.41) is 0. The molecule has 0 saturated heterocycles. The van der Waals surface area contributed by atoms with Crippen molar-refractivity contribution < 1.29 is 4.74 Å². The number of aromatic nitrogens is 5. The number of pyridine rings is 1. The van der Waals surface area contributed by atoms with Crippen molar-refractivity contribution >= 4 is 17.1 Å². The second-order valence-corrected chi connectivity index (χ2v) is 4.29. The fourth-order valence-electron chi connectivity index (χ4n) is 2.09. The molecule has 0 radical (unpaired) electrons. The quantitative estimate of drug-likeness (QED) is 0.762. The van der Waals surface area contributed by atoms with Crippen molar-refractivity contribution in [2.45, 2.75) is 13.0 Å². The Labute approximate surface area is 115 Å². The van der Waals surface area contributed by atoms with E-state index in [9.17, 15) is 0 Å².